The molecule has 0 unspecified atom stereocenters. The highest BCUT2D eigenvalue weighted by Gasteiger charge is 2.26. The first kappa shape index (κ1) is 14.5. The van der Waals surface area contributed by atoms with Crippen LogP contribution in [0.2, 0.25) is 5.02 Å². The summed E-state index contributed by atoms with van der Waals surface area (Å²) in [7, 11) is 0. The van der Waals surface area contributed by atoms with Gasteiger partial charge in [0.25, 0.3) is 0 Å². The number of hydrogen-bond acceptors (Lipinski definition) is 2. The third kappa shape index (κ3) is 2.98. The van der Waals surface area contributed by atoms with Crippen LogP contribution in [0.25, 0.3) is 5.57 Å². The van der Waals surface area contributed by atoms with Gasteiger partial charge < -0.3 is 4.74 Å². The zero-order valence-corrected chi connectivity index (χ0v) is 13.0. The third-order valence-corrected chi connectivity index (χ3v) is 4.20. The average molecular weight is 299 g/mol. The largest absolute Gasteiger partial charge is 0.454 e. The smallest absolute Gasteiger partial charge is 0.181 e. The topological polar surface area (TPSA) is 9.23 Å². The van der Waals surface area contributed by atoms with Crippen molar-refractivity contribution in [3.05, 3.63) is 40.9 Å². The van der Waals surface area contributed by atoms with E-state index in [-0.39, 0.29) is 10.5 Å². The molecule has 102 valence electrons. The Kier molecular flexibility index (Phi) is 3.72. The van der Waals surface area contributed by atoms with Gasteiger partial charge in [-0.2, -0.15) is 0 Å². The second-order valence-electron chi connectivity index (χ2n) is 5.49. The van der Waals surface area contributed by atoms with E-state index in [1.165, 1.54) is 11.8 Å². The van der Waals surface area contributed by atoms with Crippen LogP contribution in [0.1, 0.15) is 33.3 Å². The van der Waals surface area contributed by atoms with Crippen molar-refractivity contribution in [1.82, 2.24) is 0 Å². The van der Waals surface area contributed by atoms with E-state index in [2.05, 4.69) is 6.58 Å². The predicted octanol–water partition coefficient (Wildman–Crippen LogP) is 5.68. The Labute approximate surface area is 122 Å². The van der Waals surface area contributed by atoms with Gasteiger partial charge in [-0.25, -0.2) is 4.39 Å². The van der Waals surface area contributed by atoms with Crippen LogP contribution < -0.4 is 4.74 Å². The zero-order valence-electron chi connectivity index (χ0n) is 11.4. The molecule has 1 nitrogen and oxygen atoms in total. The van der Waals surface area contributed by atoms with Gasteiger partial charge in [0, 0.05) is 10.3 Å². The van der Waals surface area contributed by atoms with Crippen molar-refractivity contribution >= 4 is 28.9 Å². The molecular formula is C15H16ClFOS. The predicted molar refractivity (Wildman–Crippen MR) is 80.4 cm³/mol. The highest BCUT2D eigenvalue weighted by Crippen LogP contribution is 2.45. The molecule has 19 heavy (non-hydrogen) atoms. The summed E-state index contributed by atoms with van der Waals surface area (Å²) in [6, 6.07) is 1.76. The molecule has 1 aliphatic rings. The summed E-state index contributed by atoms with van der Waals surface area (Å²) >= 11 is 7.60. The molecule has 0 N–H and O–H groups in total. The molecule has 0 amide bonds. The molecule has 0 saturated heterocycles. The molecule has 2 rings (SSSR count). The van der Waals surface area contributed by atoms with Crippen LogP contribution >= 0.6 is 23.4 Å². The highest BCUT2D eigenvalue weighted by atomic mass is 35.5. The second kappa shape index (κ2) is 4.88. The summed E-state index contributed by atoms with van der Waals surface area (Å²) in [4.78, 5) is 0.426. The minimum Gasteiger partial charge on any atom is -0.454 e. The first-order chi connectivity index (χ1) is 8.69. The van der Waals surface area contributed by atoms with Gasteiger partial charge in [0.2, 0.25) is 0 Å². The monoisotopic (exact) mass is 298 g/mol. The molecule has 0 aromatic heterocycles. The van der Waals surface area contributed by atoms with E-state index in [1.54, 1.807) is 12.1 Å². The van der Waals surface area contributed by atoms with Gasteiger partial charge in [-0.3, -0.25) is 0 Å². The minimum atomic E-state index is -0.406. The van der Waals surface area contributed by atoms with Crippen LogP contribution in [-0.4, -0.2) is 4.75 Å². The van der Waals surface area contributed by atoms with Gasteiger partial charge in [0.15, 0.2) is 11.6 Å². The first-order valence-corrected chi connectivity index (χ1v) is 7.15. The quantitative estimate of drug-likeness (QED) is 0.617. The Morgan fingerprint density at radius 2 is 2.00 bits per heavy atom. The number of thioether (sulfide) groups is 1. The minimum absolute atomic E-state index is 0.130. The zero-order chi connectivity index (χ0) is 14.4. The van der Waals surface area contributed by atoms with Gasteiger partial charge >= 0.3 is 0 Å². The van der Waals surface area contributed by atoms with Gasteiger partial charge in [0.1, 0.15) is 5.76 Å². The first-order valence-electron chi connectivity index (χ1n) is 5.95. The van der Waals surface area contributed by atoms with Crippen LogP contribution in [0, 0.1) is 5.82 Å². The normalized spacial score (nSPS) is 14.8. The van der Waals surface area contributed by atoms with Crippen LogP contribution in [0.5, 0.6) is 5.75 Å². The summed E-state index contributed by atoms with van der Waals surface area (Å²) in [6.07, 6.45) is 1.77. The number of halogens is 2. The molecule has 4 heteroatoms. The lowest BCUT2D eigenvalue weighted by molar-refractivity contribution is 0.402. The molecule has 0 bridgehead atoms. The van der Waals surface area contributed by atoms with Gasteiger partial charge in [-0.05, 0) is 24.6 Å². The maximum atomic E-state index is 14.6. The lowest BCUT2D eigenvalue weighted by Crippen LogP contribution is -2.10. The van der Waals surface area contributed by atoms with E-state index >= 15 is 0 Å². The molecule has 0 saturated carbocycles. The number of allylic oxidation sites excluding steroid dienone is 2. The summed E-state index contributed by atoms with van der Waals surface area (Å²) in [6.45, 7) is 11.6. The van der Waals surface area contributed by atoms with Crippen molar-refractivity contribution < 1.29 is 9.13 Å². The SMILES string of the molecule is C=C1C=C(C)c2cc(Cl)c(SC(C)(C)C)c(F)c2O1. The molecule has 1 heterocycles. The van der Waals surface area contributed by atoms with E-state index in [1.807, 2.05) is 27.7 Å². The van der Waals surface area contributed by atoms with Gasteiger partial charge in [-0.15, -0.1) is 11.8 Å². The Morgan fingerprint density at radius 3 is 2.58 bits per heavy atom. The number of fused-ring (bicyclic) bond motifs is 1. The maximum Gasteiger partial charge on any atom is 0.181 e. The van der Waals surface area contributed by atoms with Crippen LogP contribution in [-0.2, 0) is 0 Å². The van der Waals surface area contributed by atoms with Crippen LogP contribution in [0.15, 0.2) is 29.4 Å². The van der Waals surface area contributed by atoms with Crippen LogP contribution in [0.3, 0.4) is 0 Å². The van der Waals surface area contributed by atoms with Crippen LogP contribution in [0.4, 0.5) is 4.39 Å². The molecule has 1 aromatic rings. The van der Waals surface area contributed by atoms with E-state index < -0.39 is 5.82 Å². The standard InChI is InChI=1S/C15H16ClFOS/c1-8-6-9(2)18-13-10(8)7-11(16)14(12(13)17)19-15(3,4)5/h6-7H,2H2,1,3-5H3. The van der Waals surface area contributed by atoms with Gasteiger partial charge in [-0.1, -0.05) is 39.0 Å². The maximum absolute atomic E-state index is 14.6. The molecule has 0 spiro atoms. The molecule has 0 aliphatic carbocycles. The van der Waals surface area contributed by atoms with Crippen molar-refractivity contribution in [2.75, 3.05) is 0 Å². The number of ether oxygens (including phenoxy) is 1. The fourth-order valence-corrected chi connectivity index (χ4v) is 3.12. The molecule has 0 radical (unpaired) electrons. The number of benzene rings is 1. The van der Waals surface area contributed by atoms with E-state index in [0.29, 0.717) is 21.2 Å². The Bertz CT molecular complexity index is 585. The van der Waals surface area contributed by atoms with E-state index in [0.717, 1.165) is 5.57 Å². The number of hydrogen-bond donors (Lipinski definition) is 0. The fourth-order valence-electron chi connectivity index (χ4n) is 1.86. The molecule has 0 atom stereocenters. The van der Waals surface area contributed by atoms with E-state index in [4.69, 9.17) is 16.3 Å². The summed E-state index contributed by atoms with van der Waals surface area (Å²) in [5.41, 5.74) is 1.59. The van der Waals surface area contributed by atoms with Crippen molar-refractivity contribution in [2.45, 2.75) is 37.3 Å². The molecule has 0 fully saturated rings. The second-order valence-corrected chi connectivity index (χ2v) is 7.73. The summed E-state index contributed by atoms with van der Waals surface area (Å²) in [5, 5.41) is 0.417. The molecule has 1 aliphatic heterocycles. The Morgan fingerprint density at radius 1 is 1.37 bits per heavy atom. The third-order valence-electron chi connectivity index (χ3n) is 2.58. The van der Waals surface area contributed by atoms with Crippen molar-refractivity contribution in [3.63, 3.8) is 0 Å². The summed E-state index contributed by atoms with van der Waals surface area (Å²) in [5.74, 6) is 0.259. The lowest BCUT2D eigenvalue weighted by Gasteiger charge is -2.23. The Balaban J connectivity index is 2.59. The molecular weight excluding hydrogens is 283 g/mol. The number of rotatable bonds is 1. The summed E-state index contributed by atoms with van der Waals surface area (Å²) < 4.78 is 19.9. The lowest BCUT2D eigenvalue weighted by atomic mass is 10.0. The highest BCUT2D eigenvalue weighted by molar-refractivity contribution is 8.00. The van der Waals surface area contributed by atoms with Crippen molar-refractivity contribution in [3.8, 4) is 5.75 Å². The Hall–Kier alpha value is -0.930. The van der Waals surface area contributed by atoms with Crippen molar-refractivity contribution in [1.29, 1.82) is 0 Å². The van der Waals surface area contributed by atoms with E-state index in [9.17, 15) is 4.39 Å². The molecule has 1 aromatic carbocycles. The van der Waals surface area contributed by atoms with Crippen molar-refractivity contribution in [2.24, 2.45) is 0 Å². The average Bonchev–Trinajstić information content (AvgIpc) is 2.25. The van der Waals surface area contributed by atoms with Gasteiger partial charge in [0.05, 0.1) is 9.92 Å². The fraction of sp³-hybridized carbons (Fsp3) is 0.333.